The van der Waals surface area contributed by atoms with E-state index in [1.807, 2.05) is 0 Å². The van der Waals surface area contributed by atoms with E-state index in [0.717, 1.165) is 17.0 Å². The van der Waals surface area contributed by atoms with Crippen LogP contribution in [0.1, 0.15) is 39.5 Å². The second kappa shape index (κ2) is 12.2. The Kier molecular flexibility index (Phi) is 9.41. The van der Waals surface area contributed by atoms with Gasteiger partial charge in [0.1, 0.15) is 11.8 Å². The van der Waals surface area contributed by atoms with E-state index < -0.39 is 29.0 Å². The zero-order chi connectivity index (χ0) is 25.3. The summed E-state index contributed by atoms with van der Waals surface area (Å²) in [5.74, 6) is -2.57. The molecule has 2 rings (SSSR count). The number of rotatable bonds is 11. The van der Waals surface area contributed by atoms with E-state index >= 15 is 0 Å². The first kappa shape index (κ1) is 26.2. The molecular weight excluding hydrogens is 450 g/mol. The molecule has 1 aromatic rings. The molecule has 0 saturated heterocycles. The van der Waals surface area contributed by atoms with Crippen LogP contribution in [0, 0.1) is 16.0 Å². The summed E-state index contributed by atoms with van der Waals surface area (Å²) in [6, 6.07) is 3.51. The molecule has 12 heteroatoms. The van der Waals surface area contributed by atoms with Crippen molar-refractivity contribution in [2.45, 2.75) is 45.6 Å². The Hall–Kier alpha value is -4.09. The standard InChI is InChI=1S/C22H25N3O9/c1-14(2)20(21(29)34-22(30)33-16-9-7-15(8-10-16)25(31)32)23-17(26)6-4-3-5-13-24-18(27)11-12-19(24)28/h7-12,14,20H,3-6,13H2,1-2H3,(H,23,26)/t20-/m0/s1. The molecule has 1 atom stereocenters. The number of nitro benzene ring substituents is 1. The molecule has 1 heterocycles. The van der Waals surface area contributed by atoms with Gasteiger partial charge in [-0.15, -0.1) is 0 Å². The third-order valence-corrected chi connectivity index (χ3v) is 4.86. The van der Waals surface area contributed by atoms with Gasteiger partial charge in [-0.3, -0.25) is 29.4 Å². The maximum Gasteiger partial charge on any atom is 0.521 e. The molecule has 1 aliphatic rings. The number of hydrogen-bond acceptors (Lipinski definition) is 9. The minimum absolute atomic E-state index is 0.0540. The predicted octanol–water partition coefficient (Wildman–Crippen LogP) is 2.26. The normalized spacial score (nSPS) is 13.7. The fraction of sp³-hybridized carbons (Fsp3) is 0.409. The molecule has 34 heavy (non-hydrogen) atoms. The zero-order valence-electron chi connectivity index (χ0n) is 18.7. The number of ether oxygens (including phenoxy) is 2. The van der Waals surface area contributed by atoms with Crippen LogP contribution in [-0.4, -0.2) is 52.3 Å². The Labute approximate surface area is 195 Å². The van der Waals surface area contributed by atoms with Crippen molar-refractivity contribution in [1.29, 1.82) is 0 Å². The SMILES string of the molecule is CC(C)[C@H](NC(=O)CCCCCN1C(=O)C=CC1=O)C(=O)OC(=O)Oc1ccc([N+](=O)[O-])cc1. The summed E-state index contributed by atoms with van der Waals surface area (Å²) >= 11 is 0. The van der Waals surface area contributed by atoms with Crippen LogP contribution in [-0.2, 0) is 23.9 Å². The summed E-state index contributed by atoms with van der Waals surface area (Å²) in [7, 11) is 0. The zero-order valence-corrected chi connectivity index (χ0v) is 18.7. The molecule has 0 aromatic heterocycles. The number of nitrogens with zero attached hydrogens (tertiary/aromatic N) is 2. The molecular formula is C22H25N3O9. The third kappa shape index (κ3) is 7.80. The first-order valence-corrected chi connectivity index (χ1v) is 10.6. The van der Waals surface area contributed by atoms with Crippen molar-refractivity contribution in [2.75, 3.05) is 6.54 Å². The number of amides is 3. The molecule has 0 radical (unpaired) electrons. The molecule has 182 valence electrons. The highest BCUT2D eigenvalue weighted by Gasteiger charge is 2.28. The maximum absolute atomic E-state index is 12.3. The number of non-ortho nitro benzene ring substituents is 1. The van der Waals surface area contributed by atoms with E-state index in [1.54, 1.807) is 13.8 Å². The lowest BCUT2D eigenvalue weighted by molar-refractivity contribution is -0.384. The Morgan fingerprint density at radius 3 is 2.21 bits per heavy atom. The number of carbonyl (C=O) groups excluding carboxylic acids is 5. The van der Waals surface area contributed by atoms with Crippen LogP contribution in [0.3, 0.4) is 0 Å². The molecule has 0 saturated carbocycles. The third-order valence-electron chi connectivity index (χ3n) is 4.86. The van der Waals surface area contributed by atoms with Crippen LogP contribution in [0.5, 0.6) is 5.75 Å². The molecule has 1 aliphatic heterocycles. The van der Waals surface area contributed by atoms with E-state index in [2.05, 4.69) is 10.1 Å². The Bertz CT molecular complexity index is 968. The smallest absolute Gasteiger partial charge is 0.395 e. The minimum Gasteiger partial charge on any atom is -0.395 e. The van der Waals surface area contributed by atoms with Crippen LogP contribution in [0.2, 0.25) is 0 Å². The fourth-order valence-corrected chi connectivity index (χ4v) is 3.03. The van der Waals surface area contributed by atoms with Crippen LogP contribution in [0.25, 0.3) is 0 Å². The highest BCUT2D eigenvalue weighted by atomic mass is 16.7. The highest BCUT2D eigenvalue weighted by Crippen LogP contribution is 2.18. The number of esters is 1. The van der Waals surface area contributed by atoms with E-state index in [9.17, 15) is 34.1 Å². The molecule has 1 N–H and O–H groups in total. The Morgan fingerprint density at radius 2 is 1.65 bits per heavy atom. The van der Waals surface area contributed by atoms with Gasteiger partial charge in [0, 0.05) is 37.3 Å². The van der Waals surface area contributed by atoms with Crippen molar-refractivity contribution < 1.29 is 38.4 Å². The first-order valence-electron chi connectivity index (χ1n) is 10.6. The van der Waals surface area contributed by atoms with E-state index in [0.29, 0.717) is 19.3 Å². The van der Waals surface area contributed by atoms with Crippen molar-refractivity contribution in [3.8, 4) is 5.75 Å². The van der Waals surface area contributed by atoms with E-state index in [4.69, 9.17) is 4.74 Å². The van der Waals surface area contributed by atoms with Gasteiger partial charge in [-0.2, -0.15) is 0 Å². The van der Waals surface area contributed by atoms with Gasteiger partial charge in [-0.1, -0.05) is 20.3 Å². The number of hydrogen-bond donors (Lipinski definition) is 1. The number of nitro groups is 1. The molecule has 3 amide bonds. The molecule has 12 nitrogen and oxygen atoms in total. The molecule has 0 bridgehead atoms. The molecule has 0 aliphatic carbocycles. The lowest BCUT2D eigenvalue weighted by Crippen LogP contribution is -2.46. The quantitative estimate of drug-likeness (QED) is 0.0962. The first-order chi connectivity index (χ1) is 16.1. The fourth-order valence-electron chi connectivity index (χ4n) is 3.03. The number of carbonyl (C=O) groups is 5. The lowest BCUT2D eigenvalue weighted by Gasteiger charge is -2.20. The van der Waals surface area contributed by atoms with Crippen LogP contribution >= 0.6 is 0 Å². The largest absolute Gasteiger partial charge is 0.521 e. The summed E-state index contributed by atoms with van der Waals surface area (Å²) in [5.41, 5.74) is -0.200. The van der Waals surface area contributed by atoms with Gasteiger partial charge in [0.05, 0.1) is 4.92 Å². The summed E-state index contributed by atoms with van der Waals surface area (Å²) < 4.78 is 9.48. The van der Waals surface area contributed by atoms with Crippen molar-refractivity contribution in [1.82, 2.24) is 10.2 Å². The second-order valence-electron chi connectivity index (χ2n) is 7.79. The monoisotopic (exact) mass is 475 g/mol. The van der Waals surface area contributed by atoms with Crippen molar-refractivity contribution in [3.05, 3.63) is 46.5 Å². The van der Waals surface area contributed by atoms with Gasteiger partial charge < -0.3 is 14.8 Å². The lowest BCUT2D eigenvalue weighted by atomic mass is 10.0. The number of benzene rings is 1. The highest BCUT2D eigenvalue weighted by molar-refractivity contribution is 6.12. The molecule has 1 aromatic carbocycles. The van der Waals surface area contributed by atoms with Gasteiger partial charge in [0.2, 0.25) is 5.91 Å². The summed E-state index contributed by atoms with van der Waals surface area (Å²) in [5, 5.41) is 13.2. The van der Waals surface area contributed by atoms with Crippen LogP contribution in [0.15, 0.2) is 36.4 Å². The number of nitrogens with one attached hydrogen (secondary N) is 1. The topological polar surface area (TPSA) is 162 Å². The van der Waals surface area contributed by atoms with Gasteiger partial charge in [0.15, 0.2) is 0 Å². The van der Waals surface area contributed by atoms with Gasteiger partial charge in [0.25, 0.3) is 17.5 Å². The molecule has 0 fully saturated rings. The average Bonchev–Trinajstić information content (AvgIpc) is 3.09. The summed E-state index contributed by atoms with van der Waals surface area (Å²) in [6.07, 6.45) is 2.78. The Balaban J connectivity index is 1.74. The predicted molar refractivity (Wildman–Crippen MR) is 116 cm³/mol. The van der Waals surface area contributed by atoms with Crippen molar-refractivity contribution >= 4 is 35.5 Å². The maximum atomic E-state index is 12.3. The minimum atomic E-state index is -1.33. The second-order valence-corrected chi connectivity index (χ2v) is 7.79. The molecule has 0 spiro atoms. The summed E-state index contributed by atoms with van der Waals surface area (Å²) in [6.45, 7) is 3.59. The van der Waals surface area contributed by atoms with E-state index in [-0.39, 0.29) is 42.1 Å². The molecule has 0 unspecified atom stereocenters. The number of unbranched alkanes of at least 4 members (excludes halogenated alkanes) is 2. The number of imide groups is 1. The van der Waals surface area contributed by atoms with E-state index in [1.165, 1.54) is 24.3 Å². The van der Waals surface area contributed by atoms with Gasteiger partial charge in [-0.25, -0.2) is 9.59 Å². The summed E-state index contributed by atoms with van der Waals surface area (Å²) in [4.78, 5) is 70.6. The van der Waals surface area contributed by atoms with Gasteiger partial charge in [-0.05, 0) is 30.9 Å². The van der Waals surface area contributed by atoms with Crippen molar-refractivity contribution in [3.63, 3.8) is 0 Å². The Morgan fingerprint density at radius 1 is 1.03 bits per heavy atom. The average molecular weight is 475 g/mol. The van der Waals surface area contributed by atoms with Crippen LogP contribution in [0.4, 0.5) is 10.5 Å². The van der Waals surface area contributed by atoms with Crippen molar-refractivity contribution in [2.24, 2.45) is 5.92 Å². The van der Waals surface area contributed by atoms with Gasteiger partial charge >= 0.3 is 12.1 Å². The van der Waals surface area contributed by atoms with Crippen LogP contribution < -0.4 is 10.1 Å².